The molecule has 2 nitrogen and oxygen atoms in total. The lowest BCUT2D eigenvalue weighted by Crippen LogP contribution is -2.07. The van der Waals surface area contributed by atoms with Crippen LogP contribution in [0.5, 0.6) is 0 Å². The first kappa shape index (κ1) is 11.7. The van der Waals surface area contributed by atoms with E-state index in [0.717, 1.165) is 11.8 Å². The Bertz CT molecular complexity index is 539. The number of nitrogens with zero attached hydrogens (tertiary/aromatic N) is 1. The van der Waals surface area contributed by atoms with Gasteiger partial charge in [-0.15, -0.1) is 0 Å². The van der Waals surface area contributed by atoms with Gasteiger partial charge in [0.05, 0.1) is 6.20 Å². The van der Waals surface area contributed by atoms with Crippen LogP contribution in [0.2, 0.25) is 0 Å². The van der Waals surface area contributed by atoms with E-state index in [9.17, 15) is 8.78 Å². The van der Waals surface area contributed by atoms with Gasteiger partial charge in [-0.25, -0.2) is 8.78 Å². The zero-order valence-electron chi connectivity index (χ0n) is 9.32. The van der Waals surface area contributed by atoms with Crippen LogP contribution in [0.1, 0.15) is 18.5 Å². The Morgan fingerprint density at radius 3 is 2.53 bits per heavy atom. The summed E-state index contributed by atoms with van der Waals surface area (Å²) in [6.07, 6.45) is 2.60. The van der Waals surface area contributed by atoms with Gasteiger partial charge >= 0.3 is 0 Å². The van der Waals surface area contributed by atoms with E-state index in [2.05, 4.69) is 4.98 Å². The first-order valence-corrected chi connectivity index (χ1v) is 5.24. The summed E-state index contributed by atoms with van der Waals surface area (Å²) in [5, 5.41) is 0. The van der Waals surface area contributed by atoms with Crippen molar-refractivity contribution in [3.8, 4) is 11.1 Å². The summed E-state index contributed by atoms with van der Waals surface area (Å²) < 4.78 is 26.3. The maximum Gasteiger partial charge on any atom is 0.142 e. The molecule has 1 heterocycles. The monoisotopic (exact) mass is 234 g/mol. The first-order chi connectivity index (χ1) is 8.08. The molecule has 0 aliphatic carbocycles. The smallest absolute Gasteiger partial charge is 0.142 e. The molecule has 1 unspecified atom stereocenters. The second-order valence-corrected chi connectivity index (χ2v) is 3.91. The number of hydrogen-bond acceptors (Lipinski definition) is 2. The minimum atomic E-state index is -0.456. The number of aromatic nitrogens is 1. The average molecular weight is 234 g/mol. The number of hydrogen-bond donors (Lipinski definition) is 1. The van der Waals surface area contributed by atoms with E-state index >= 15 is 0 Å². The van der Waals surface area contributed by atoms with Gasteiger partial charge in [0.2, 0.25) is 0 Å². The van der Waals surface area contributed by atoms with Crippen LogP contribution < -0.4 is 5.73 Å². The SMILES string of the molecule is CC(N)c1ccc(F)cc1-c1cncc(F)c1. The maximum atomic E-state index is 13.2. The normalized spacial score (nSPS) is 12.5. The quantitative estimate of drug-likeness (QED) is 0.867. The van der Waals surface area contributed by atoms with Gasteiger partial charge in [-0.1, -0.05) is 6.07 Å². The molecule has 2 aromatic rings. The van der Waals surface area contributed by atoms with Crippen LogP contribution in [-0.2, 0) is 0 Å². The molecule has 0 saturated carbocycles. The molecule has 88 valence electrons. The molecule has 2 N–H and O–H groups in total. The fourth-order valence-corrected chi connectivity index (χ4v) is 1.73. The van der Waals surface area contributed by atoms with E-state index in [1.165, 1.54) is 24.4 Å². The third-order valence-electron chi connectivity index (χ3n) is 2.52. The van der Waals surface area contributed by atoms with Crippen molar-refractivity contribution in [2.24, 2.45) is 5.73 Å². The molecule has 2 rings (SSSR count). The largest absolute Gasteiger partial charge is 0.324 e. The molecule has 0 radical (unpaired) electrons. The molecule has 1 atom stereocenters. The number of nitrogens with two attached hydrogens (primary N) is 1. The van der Waals surface area contributed by atoms with Crippen LogP contribution in [-0.4, -0.2) is 4.98 Å². The van der Waals surface area contributed by atoms with Crippen LogP contribution in [0, 0.1) is 11.6 Å². The predicted molar refractivity (Wildman–Crippen MR) is 62.2 cm³/mol. The fraction of sp³-hybridized carbons (Fsp3) is 0.154. The standard InChI is InChI=1S/C13H12F2N2/c1-8(16)12-3-2-10(14)5-13(12)9-4-11(15)7-17-6-9/h2-8H,16H2,1H3. The molecule has 4 heteroatoms. The molecular formula is C13H12F2N2. The molecule has 0 amide bonds. The van der Waals surface area contributed by atoms with Crippen LogP contribution >= 0.6 is 0 Å². The maximum absolute atomic E-state index is 13.2. The third kappa shape index (κ3) is 2.47. The Balaban J connectivity index is 2.61. The van der Waals surface area contributed by atoms with Crippen molar-refractivity contribution in [3.05, 3.63) is 53.9 Å². The van der Waals surface area contributed by atoms with Crippen LogP contribution in [0.4, 0.5) is 8.78 Å². The Kier molecular flexibility index (Phi) is 3.15. The van der Waals surface area contributed by atoms with E-state index in [-0.39, 0.29) is 11.9 Å². The number of benzene rings is 1. The topological polar surface area (TPSA) is 38.9 Å². The van der Waals surface area contributed by atoms with E-state index in [0.29, 0.717) is 11.1 Å². The highest BCUT2D eigenvalue weighted by atomic mass is 19.1. The Morgan fingerprint density at radius 1 is 1.12 bits per heavy atom. The molecule has 0 saturated heterocycles. The first-order valence-electron chi connectivity index (χ1n) is 5.24. The molecule has 1 aromatic carbocycles. The lowest BCUT2D eigenvalue weighted by Gasteiger charge is -2.12. The summed E-state index contributed by atoms with van der Waals surface area (Å²) in [7, 11) is 0. The molecule has 0 aliphatic rings. The minimum absolute atomic E-state index is 0.256. The summed E-state index contributed by atoms with van der Waals surface area (Å²) in [6.45, 7) is 1.80. The molecule has 0 bridgehead atoms. The number of rotatable bonds is 2. The van der Waals surface area contributed by atoms with Gasteiger partial charge < -0.3 is 5.73 Å². The fourth-order valence-electron chi connectivity index (χ4n) is 1.73. The van der Waals surface area contributed by atoms with Crippen molar-refractivity contribution in [1.82, 2.24) is 4.98 Å². The predicted octanol–water partition coefficient (Wildman–Crippen LogP) is 3.05. The Labute approximate surface area is 98.1 Å². The van der Waals surface area contributed by atoms with Crippen LogP contribution in [0.15, 0.2) is 36.7 Å². The van der Waals surface area contributed by atoms with E-state index in [1.54, 1.807) is 13.0 Å². The third-order valence-corrected chi connectivity index (χ3v) is 2.52. The Hall–Kier alpha value is -1.81. The second-order valence-electron chi connectivity index (χ2n) is 3.91. The van der Waals surface area contributed by atoms with Crippen molar-refractivity contribution in [2.75, 3.05) is 0 Å². The van der Waals surface area contributed by atoms with Crippen molar-refractivity contribution in [2.45, 2.75) is 13.0 Å². The molecule has 0 spiro atoms. The van der Waals surface area contributed by atoms with E-state index < -0.39 is 5.82 Å². The molecule has 17 heavy (non-hydrogen) atoms. The van der Waals surface area contributed by atoms with Gasteiger partial charge in [0.15, 0.2) is 0 Å². The summed E-state index contributed by atoms with van der Waals surface area (Å²) in [5.74, 6) is -0.837. The van der Waals surface area contributed by atoms with Crippen molar-refractivity contribution in [1.29, 1.82) is 0 Å². The van der Waals surface area contributed by atoms with Gasteiger partial charge in [0, 0.05) is 17.8 Å². The van der Waals surface area contributed by atoms with Gasteiger partial charge in [0.25, 0.3) is 0 Å². The summed E-state index contributed by atoms with van der Waals surface area (Å²) in [4.78, 5) is 3.75. The molecule has 1 aromatic heterocycles. The summed E-state index contributed by atoms with van der Waals surface area (Å²) >= 11 is 0. The van der Waals surface area contributed by atoms with Gasteiger partial charge in [-0.3, -0.25) is 4.98 Å². The van der Waals surface area contributed by atoms with Crippen molar-refractivity contribution in [3.63, 3.8) is 0 Å². The van der Waals surface area contributed by atoms with Crippen molar-refractivity contribution < 1.29 is 8.78 Å². The lowest BCUT2D eigenvalue weighted by molar-refractivity contribution is 0.620. The number of pyridine rings is 1. The van der Waals surface area contributed by atoms with Crippen molar-refractivity contribution >= 4 is 0 Å². The molecule has 0 aliphatic heterocycles. The zero-order valence-corrected chi connectivity index (χ0v) is 9.32. The summed E-state index contributed by atoms with van der Waals surface area (Å²) in [6, 6.07) is 5.35. The number of halogens is 2. The zero-order chi connectivity index (χ0) is 12.4. The highest BCUT2D eigenvalue weighted by Crippen LogP contribution is 2.28. The van der Waals surface area contributed by atoms with E-state index in [4.69, 9.17) is 5.73 Å². The second kappa shape index (κ2) is 4.59. The van der Waals surface area contributed by atoms with Gasteiger partial charge in [0.1, 0.15) is 11.6 Å². The molecule has 0 fully saturated rings. The highest BCUT2D eigenvalue weighted by molar-refractivity contribution is 5.67. The summed E-state index contributed by atoms with van der Waals surface area (Å²) in [5.41, 5.74) is 7.67. The molecular weight excluding hydrogens is 222 g/mol. The Morgan fingerprint density at radius 2 is 1.88 bits per heavy atom. The highest BCUT2D eigenvalue weighted by Gasteiger charge is 2.10. The van der Waals surface area contributed by atoms with Gasteiger partial charge in [-0.05, 0) is 36.2 Å². The average Bonchev–Trinajstić information content (AvgIpc) is 2.28. The van der Waals surface area contributed by atoms with Gasteiger partial charge in [-0.2, -0.15) is 0 Å². The lowest BCUT2D eigenvalue weighted by atomic mass is 9.97. The van der Waals surface area contributed by atoms with Crippen LogP contribution in [0.25, 0.3) is 11.1 Å². The minimum Gasteiger partial charge on any atom is -0.324 e. The van der Waals surface area contributed by atoms with E-state index in [1.807, 2.05) is 0 Å². The van der Waals surface area contributed by atoms with Crippen LogP contribution in [0.3, 0.4) is 0 Å².